The summed E-state index contributed by atoms with van der Waals surface area (Å²) in [5.41, 5.74) is 1.45. The predicted molar refractivity (Wildman–Crippen MR) is 93.1 cm³/mol. The highest BCUT2D eigenvalue weighted by Gasteiger charge is 2.16. The number of amides is 2. The van der Waals surface area contributed by atoms with E-state index in [0.29, 0.717) is 10.6 Å². The molecule has 0 spiro atoms. The van der Waals surface area contributed by atoms with Gasteiger partial charge in [-0.15, -0.1) is 0 Å². The number of benzene rings is 1. The molecule has 23 heavy (non-hydrogen) atoms. The summed E-state index contributed by atoms with van der Waals surface area (Å²) in [5.74, 6) is -0.358. The molecule has 1 aromatic rings. The van der Waals surface area contributed by atoms with E-state index in [9.17, 15) is 9.59 Å². The van der Waals surface area contributed by atoms with E-state index in [0.717, 1.165) is 18.4 Å². The third kappa shape index (κ3) is 6.06. The van der Waals surface area contributed by atoms with Crippen LogP contribution in [-0.2, 0) is 9.59 Å². The van der Waals surface area contributed by atoms with Crippen LogP contribution >= 0.6 is 11.6 Å². The molecule has 2 rings (SSSR count). The number of carbonyl (C=O) groups is 2. The van der Waals surface area contributed by atoms with Gasteiger partial charge < -0.3 is 10.6 Å². The first-order chi connectivity index (χ1) is 11.0. The summed E-state index contributed by atoms with van der Waals surface area (Å²) >= 11 is 5.83. The number of carbonyl (C=O) groups excluding carboxylic acids is 2. The molecule has 0 aromatic heterocycles. The number of hydrogen-bond donors (Lipinski definition) is 2. The van der Waals surface area contributed by atoms with E-state index in [1.165, 1.54) is 19.3 Å². The Balaban J connectivity index is 1.78. The Morgan fingerprint density at radius 2 is 1.83 bits per heavy atom. The summed E-state index contributed by atoms with van der Waals surface area (Å²) in [6.45, 7) is 1.74. The lowest BCUT2D eigenvalue weighted by Gasteiger charge is -2.22. The van der Waals surface area contributed by atoms with Crippen LogP contribution in [0.1, 0.15) is 44.6 Å². The Kier molecular flexibility index (Phi) is 6.66. The molecule has 5 heteroatoms. The summed E-state index contributed by atoms with van der Waals surface area (Å²) in [5, 5.41) is 6.30. The number of hydrogen-bond acceptors (Lipinski definition) is 2. The maximum Gasteiger partial charge on any atom is 0.247 e. The molecule has 0 aliphatic heterocycles. The van der Waals surface area contributed by atoms with Crippen molar-refractivity contribution >= 4 is 29.5 Å². The van der Waals surface area contributed by atoms with Gasteiger partial charge >= 0.3 is 0 Å². The molecule has 1 saturated carbocycles. The van der Waals surface area contributed by atoms with E-state index in [1.807, 2.05) is 12.1 Å². The van der Waals surface area contributed by atoms with Gasteiger partial charge in [-0.1, -0.05) is 43.0 Å². The molecule has 2 N–H and O–H groups in total. The van der Waals surface area contributed by atoms with Crippen LogP contribution in [-0.4, -0.2) is 24.4 Å². The maximum absolute atomic E-state index is 12.0. The summed E-state index contributed by atoms with van der Waals surface area (Å²) in [6.07, 6.45) is 7.42. The van der Waals surface area contributed by atoms with Crippen LogP contribution in [0.3, 0.4) is 0 Å². The zero-order chi connectivity index (χ0) is 16.7. The molecule has 0 unspecified atom stereocenters. The molecule has 4 nitrogen and oxygen atoms in total. The molecule has 1 aromatic carbocycles. The molecular weight excluding hydrogens is 312 g/mol. The molecule has 1 fully saturated rings. The molecule has 1 aliphatic rings. The molecule has 0 atom stereocenters. The van der Waals surface area contributed by atoms with Crippen molar-refractivity contribution in [2.75, 3.05) is 6.54 Å². The van der Waals surface area contributed by atoms with E-state index in [-0.39, 0.29) is 24.4 Å². The zero-order valence-electron chi connectivity index (χ0n) is 13.4. The molecule has 0 radical (unpaired) electrons. The molecule has 124 valence electrons. The van der Waals surface area contributed by atoms with Gasteiger partial charge in [0.15, 0.2) is 0 Å². The lowest BCUT2D eigenvalue weighted by atomic mass is 9.95. The van der Waals surface area contributed by atoms with Crippen LogP contribution in [0.15, 0.2) is 29.8 Å². The van der Waals surface area contributed by atoms with Crippen LogP contribution in [0.2, 0.25) is 5.02 Å². The van der Waals surface area contributed by atoms with E-state index < -0.39 is 0 Å². The fraction of sp³-hybridized carbons (Fsp3) is 0.444. The van der Waals surface area contributed by atoms with Crippen LogP contribution in [0, 0.1) is 0 Å². The minimum absolute atomic E-state index is 0.0150. The van der Waals surface area contributed by atoms with Crippen molar-refractivity contribution in [2.24, 2.45) is 0 Å². The lowest BCUT2D eigenvalue weighted by molar-refractivity contribution is -0.124. The average Bonchev–Trinajstić information content (AvgIpc) is 2.55. The fourth-order valence-electron chi connectivity index (χ4n) is 2.70. The highest BCUT2D eigenvalue weighted by molar-refractivity contribution is 6.30. The van der Waals surface area contributed by atoms with Gasteiger partial charge in [-0.2, -0.15) is 0 Å². The normalized spacial score (nSPS) is 16.0. The van der Waals surface area contributed by atoms with E-state index in [2.05, 4.69) is 10.6 Å². The van der Waals surface area contributed by atoms with Crippen molar-refractivity contribution < 1.29 is 9.59 Å². The minimum atomic E-state index is -0.237. The first-order valence-corrected chi connectivity index (χ1v) is 8.44. The van der Waals surface area contributed by atoms with Crippen molar-refractivity contribution in [3.05, 3.63) is 40.4 Å². The number of rotatable bonds is 5. The molecule has 0 saturated heterocycles. The lowest BCUT2D eigenvalue weighted by Crippen LogP contribution is -2.42. The fourth-order valence-corrected chi connectivity index (χ4v) is 2.83. The Morgan fingerprint density at radius 1 is 1.17 bits per heavy atom. The monoisotopic (exact) mass is 334 g/mol. The number of halogens is 1. The van der Waals surface area contributed by atoms with Crippen LogP contribution in [0.4, 0.5) is 0 Å². The summed E-state index contributed by atoms with van der Waals surface area (Å²) in [4.78, 5) is 23.9. The van der Waals surface area contributed by atoms with Crippen LogP contribution in [0.25, 0.3) is 6.08 Å². The van der Waals surface area contributed by atoms with Gasteiger partial charge in [0.25, 0.3) is 0 Å². The van der Waals surface area contributed by atoms with E-state index >= 15 is 0 Å². The molecular formula is C18H23ClN2O2. The maximum atomic E-state index is 12.0. The van der Waals surface area contributed by atoms with Crippen molar-refractivity contribution in [1.29, 1.82) is 0 Å². The highest BCUT2D eigenvalue weighted by Crippen LogP contribution is 2.17. The van der Waals surface area contributed by atoms with E-state index in [1.54, 1.807) is 25.1 Å². The van der Waals surface area contributed by atoms with Crippen molar-refractivity contribution in [3.63, 3.8) is 0 Å². The summed E-state index contributed by atoms with van der Waals surface area (Å²) < 4.78 is 0. The van der Waals surface area contributed by atoms with Gasteiger partial charge in [0.05, 0.1) is 6.54 Å². The van der Waals surface area contributed by atoms with Gasteiger partial charge in [0, 0.05) is 16.6 Å². The van der Waals surface area contributed by atoms with Crippen LogP contribution in [0.5, 0.6) is 0 Å². The topological polar surface area (TPSA) is 58.2 Å². The predicted octanol–water partition coefficient (Wildman–Crippen LogP) is 3.31. The second-order valence-electron chi connectivity index (χ2n) is 5.96. The van der Waals surface area contributed by atoms with Gasteiger partial charge in [0.1, 0.15) is 0 Å². The summed E-state index contributed by atoms with van der Waals surface area (Å²) in [6, 6.07) is 7.50. The van der Waals surface area contributed by atoms with Crippen molar-refractivity contribution in [3.8, 4) is 0 Å². The van der Waals surface area contributed by atoms with Gasteiger partial charge in [-0.25, -0.2) is 0 Å². The Morgan fingerprint density at radius 3 is 2.48 bits per heavy atom. The first-order valence-electron chi connectivity index (χ1n) is 8.06. The Bertz CT molecular complexity index is 575. The third-order valence-corrected chi connectivity index (χ3v) is 4.24. The number of nitrogens with one attached hydrogen (secondary N) is 2. The Hall–Kier alpha value is -1.81. The van der Waals surface area contributed by atoms with Gasteiger partial charge in [0.2, 0.25) is 11.8 Å². The first kappa shape index (κ1) is 17.5. The molecule has 0 heterocycles. The largest absolute Gasteiger partial charge is 0.352 e. The molecule has 1 aliphatic carbocycles. The highest BCUT2D eigenvalue weighted by atomic mass is 35.5. The minimum Gasteiger partial charge on any atom is -0.352 e. The van der Waals surface area contributed by atoms with Crippen molar-refractivity contribution in [1.82, 2.24) is 10.6 Å². The van der Waals surface area contributed by atoms with Gasteiger partial charge in [-0.3, -0.25) is 9.59 Å². The third-order valence-electron chi connectivity index (χ3n) is 3.99. The van der Waals surface area contributed by atoms with E-state index in [4.69, 9.17) is 11.6 Å². The summed E-state index contributed by atoms with van der Waals surface area (Å²) in [7, 11) is 0. The molecule has 0 bridgehead atoms. The quantitative estimate of drug-likeness (QED) is 0.812. The second-order valence-corrected chi connectivity index (χ2v) is 6.40. The Labute approximate surface area is 142 Å². The average molecular weight is 335 g/mol. The zero-order valence-corrected chi connectivity index (χ0v) is 14.2. The van der Waals surface area contributed by atoms with Gasteiger partial charge in [-0.05, 0) is 43.5 Å². The standard InChI is InChI=1S/C18H23ClN2O2/c1-13(11-14-7-9-15(19)10-8-14)18(23)20-12-17(22)21-16-5-3-2-4-6-16/h7-11,16H,2-6,12H2,1H3,(H,20,23)(H,21,22)/b13-11+. The molecule has 2 amide bonds. The SMILES string of the molecule is C/C(=C\c1ccc(Cl)cc1)C(=O)NCC(=O)NC1CCCCC1. The smallest absolute Gasteiger partial charge is 0.247 e. The van der Waals surface area contributed by atoms with Crippen LogP contribution < -0.4 is 10.6 Å². The van der Waals surface area contributed by atoms with Crippen molar-refractivity contribution in [2.45, 2.75) is 45.1 Å². The second kappa shape index (κ2) is 8.73.